The first-order valence-electron chi connectivity index (χ1n) is 18.3. The van der Waals surface area contributed by atoms with Crippen molar-refractivity contribution < 1.29 is 65.0 Å². The maximum atomic E-state index is 14.4. The highest BCUT2D eigenvalue weighted by atomic mass is 35.5. The second-order valence-electron chi connectivity index (χ2n) is 13.8. The van der Waals surface area contributed by atoms with Gasteiger partial charge < -0.3 is 25.8 Å². The van der Waals surface area contributed by atoms with Gasteiger partial charge in [-0.15, -0.1) is 10.2 Å². The smallest absolute Gasteiger partial charge is 0.315 e. The van der Waals surface area contributed by atoms with Crippen LogP contribution in [0.1, 0.15) is 6.92 Å². The molecule has 7 rings (SSSR count). The molecule has 2 heterocycles. The average Bonchev–Trinajstić information content (AvgIpc) is 3.23. The maximum absolute atomic E-state index is 14.4. The lowest BCUT2D eigenvalue weighted by Gasteiger charge is -2.16. The number of nitrogens with zero attached hydrogens (tertiary/aromatic N) is 8. The summed E-state index contributed by atoms with van der Waals surface area (Å²) in [5, 5.41) is 17.4. The summed E-state index contributed by atoms with van der Waals surface area (Å²) in [5.74, 6) is -0.800. The number of rotatable bonds is 16. The van der Waals surface area contributed by atoms with E-state index in [4.69, 9.17) is 11.6 Å². The lowest BCUT2D eigenvalue weighted by Crippen LogP contribution is -2.27. The molecule has 33 heteroatoms. The number of nitrogens with one attached hydrogen (secondary N) is 4. The van der Waals surface area contributed by atoms with E-state index in [2.05, 4.69) is 61.4 Å². The lowest BCUT2D eigenvalue weighted by atomic mass is 10.1. The zero-order valence-electron chi connectivity index (χ0n) is 33.5. The number of azo groups is 1. The van der Waals surface area contributed by atoms with E-state index in [1.165, 1.54) is 48.5 Å². The molecule has 0 saturated heterocycles. The third-order valence-corrected chi connectivity index (χ3v) is 13.4. The Morgan fingerprint density at radius 2 is 1.29 bits per heavy atom. The van der Waals surface area contributed by atoms with E-state index >= 15 is 0 Å². The van der Waals surface area contributed by atoms with Gasteiger partial charge in [0.2, 0.25) is 29.1 Å². The molecule has 0 fully saturated rings. The van der Waals surface area contributed by atoms with Crippen molar-refractivity contribution in [3.63, 3.8) is 0 Å². The summed E-state index contributed by atoms with van der Waals surface area (Å²) in [5.41, 5.74) is -0.728. The number of anilines is 6. The van der Waals surface area contributed by atoms with Crippen LogP contribution < -0.4 is 21.3 Å². The van der Waals surface area contributed by atoms with Crippen LogP contribution in [0.15, 0.2) is 114 Å². The number of hydrogen-bond acceptors (Lipinski definition) is 22. The average molecular weight is 1050 g/mol. The molecule has 2 unspecified atom stereocenters. The van der Waals surface area contributed by atoms with Gasteiger partial charge in [0.1, 0.15) is 20.4 Å². The van der Waals surface area contributed by atoms with E-state index in [1.807, 2.05) is 0 Å². The molecule has 26 nitrogen and oxygen atoms in total. The molecule has 2 atom stereocenters. The monoisotopic (exact) mass is 1050 g/mol. The molecule has 0 aliphatic carbocycles. The van der Waals surface area contributed by atoms with Crippen LogP contribution in [0, 0.1) is 6.08 Å². The van der Waals surface area contributed by atoms with Gasteiger partial charge in [-0.05, 0) is 102 Å². The summed E-state index contributed by atoms with van der Waals surface area (Å²) in [6.45, 7) is 1.66. The van der Waals surface area contributed by atoms with Gasteiger partial charge in [-0.25, -0.2) is 0 Å². The van der Waals surface area contributed by atoms with E-state index in [9.17, 15) is 65.0 Å². The van der Waals surface area contributed by atoms with Crippen molar-refractivity contribution in [1.29, 1.82) is 0 Å². The number of fused-ring (bicyclic) bond motifs is 2. The Morgan fingerprint density at radius 1 is 0.676 bits per heavy atom. The van der Waals surface area contributed by atoms with E-state index in [0.29, 0.717) is 23.9 Å². The molecule has 0 amide bonds. The molecule has 0 spiro atoms. The van der Waals surface area contributed by atoms with Crippen molar-refractivity contribution in [2.75, 3.05) is 27.8 Å². The summed E-state index contributed by atoms with van der Waals surface area (Å²) in [4.78, 5) is 19.7. The topological polar surface area (TPSA) is 408 Å². The second kappa shape index (κ2) is 18.8. The zero-order valence-corrected chi connectivity index (χ0v) is 38.4. The van der Waals surface area contributed by atoms with Crippen molar-refractivity contribution >= 4 is 131 Å². The van der Waals surface area contributed by atoms with E-state index in [-0.39, 0.29) is 62.7 Å². The first kappa shape index (κ1) is 49.3. The molecule has 0 aliphatic rings. The van der Waals surface area contributed by atoms with Crippen LogP contribution in [0.4, 0.5) is 50.9 Å². The van der Waals surface area contributed by atoms with Crippen LogP contribution in [-0.2, 0) is 51.6 Å². The highest BCUT2D eigenvalue weighted by Gasteiger charge is 2.26. The number of halogens is 2. The van der Waals surface area contributed by atoms with E-state index in [1.54, 1.807) is 6.92 Å². The molecule has 5 aromatic carbocycles. The van der Waals surface area contributed by atoms with Crippen LogP contribution in [0.25, 0.3) is 21.5 Å². The normalized spacial score (nSPS) is 13.4. The van der Waals surface area contributed by atoms with Crippen molar-refractivity contribution in [3.8, 4) is 0 Å². The first-order chi connectivity index (χ1) is 31.7. The summed E-state index contributed by atoms with van der Waals surface area (Å²) in [7, 11) is -20.7. The highest BCUT2D eigenvalue weighted by molar-refractivity contribution is 7.87. The fraction of sp³-hybridized carbons (Fsp3) is 0.0857. The molecule has 2 aromatic heterocycles. The molecule has 7 aromatic rings. The molecule has 356 valence electrons. The van der Waals surface area contributed by atoms with Crippen LogP contribution >= 0.6 is 11.6 Å². The van der Waals surface area contributed by atoms with Crippen molar-refractivity contribution in [1.82, 2.24) is 29.9 Å². The predicted octanol–water partition coefficient (Wildman–Crippen LogP) is 5.20. The SMILES string of the molecule is CC(CNc1nc(Cl)nc(Nc2ccc(N=Nc3cc4c(S(=O)(=O)O)cc(S(=O)(=O)O)cc4cc3S(=O)(=O)O)c3cccc(S(=O)(=O)O)c23)n1)Nc1nc(F)nc(Nc2ccc(S(=O)[O-])cc2)n1. The molecular weight excluding hydrogens is 1030 g/mol. The van der Waals surface area contributed by atoms with Gasteiger partial charge in [-0.3, -0.25) is 22.4 Å². The molecule has 8 N–H and O–H groups in total. The molecule has 0 saturated carbocycles. The van der Waals surface area contributed by atoms with Gasteiger partial charge >= 0.3 is 6.08 Å². The largest absolute Gasteiger partial charge is 0.768 e. The van der Waals surface area contributed by atoms with Crippen LogP contribution in [-0.4, -0.2) is 103 Å². The molecular formula is C35H27ClFN12O14S5-. The van der Waals surface area contributed by atoms with Crippen molar-refractivity contribution in [2.24, 2.45) is 10.2 Å². The van der Waals surface area contributed by atoms with Gasteiger partial charge in [0, 0.05) is 39.3 Å². The zero-order chi connectivity index (χ0) is 49.5. The second-order valence-corrected chi connectivity index (χ2v) is 20.7. The van der Waals surface area contributed by atoms with Gasteiger partial charge in [-0.1, -0.05) is 12.1 Å². The van der Waals surface area contributed by atoms with Crippen LogP contribution in [0.5, 0.6) is 0 Å². The summed E-state index contributed by atoms with van der Waals surface area (Å²) < 4.78 is 175. The van der Waals surface area contributed by atoms with Gasteiger partial charge in [0.25, 0.3) is 40.5 Å². The molecule has 0 radical (unpaired) electrons. The number of benzene rings is 5. The molecule has 68 heavy (non-hydrogen) atoms. The molecule has 0 bridgehead atoms. The Kier molecular flexibility index (Phi) is 13.7. The fourth-order valence-electron chi connectivity index (χ4n) is 6.21. The maximum Gasteiger partial charge on any atom is 0.315 e. The fourth-order valence-corrected chi connectivity index (χ4v) is 9.44. The summed E-state index contributed by atoms with van der Waals surface area (Å²) in [6, 6.07) is 13.3. The molecule has 0 aliphatic heterocycles. The minimum absolute atomic E-state index is 0.0123. The van der Waals surface area contributed by atoms with Crippen molar-refractivity contribution in [2.45, 2.75) is 37.4 Å². The van der Waals surface area contributed by atoms with Crippen molar-refractivity contribution in [3.05, 3.63) is 90.2 Å². The Bertz CT molecular complexity index is 3710. The van der Waals surface area contributed by atoms with Crippen LogP contribution in [0.3, 0.4) is 0 Å². The standard InChI is InChI=1S/C35H28ClFN12O14S5/c1-16(39-33-44-31(37)45-34(47-33)40-18-5-7-19(8-6-18)64(50)51)15-38-32-42-30(36)43-35(46-32)41-24-10-9-23(21-3-2-4-26(29(21)24)66(55,56)57)48-49-25-14-22-17(12-28(25)68(61,62)63)11-20(65(52,53)54)13-27(22)67(58,59)60/h2-14,16H,15H2,1H3,(H,50,51)(H,52,53,54)(H,55,56,57)(H,58,59,60)(H,61,62,63)(H2,38,41,42,43,46)(H2,39,40,44,45,47)/p-1. The summed E-state index contributed by atoms with van der Waals surface area (Å²) >= 11 is 3.75. The van der Waals surface area contributed by atoms with E-state index < -0.39 is 99.7 Å². The first-order valence-corrected chi connectivity index (χ1v) is 25.5. The van der Waals surface area contributed by atoms with Gasteiger partial charge in [0.15, 0.2) is 0 Å². The Labute approximate surface area is 389 Å². The van der Waals surface area contributed by atoms with E-state index in [0.717, 1.165) is 12.1 Å². The Balaban J connectivity index is 1.17. The minimum Gasteiger partial charge on any atom is -0.768 e. The van der Waals surface area contributed by atoms with Crippen LogP contribution in [0.2, 0.25) is 5.28 Å². The number of hydrogen-bond donors (Lipinski definition) is 8. The Morgan fingerprint density at radius 3 is 1.94 bits per heavy atom. The lowest BCUT2D eigenvalue weighted by molar-refractivity contribution is 0.479. The summed E-state index contributed by atoms with van der Waals surface area (Å²) in [6.07, 6.45) is -1.14. The third kappa shape index (κ3) is 11.6. The quantitative estimate of drug-likeness (QED) is 0.0350. The van der Waals surface area contributed by atoms with Gasteiger partial charge in [0.05, 0.1) is 16.3 Å². The third-order valence-electron chi connectivity index (χ3n) is 9.05. The predicted molar refractivity (Wildman–Crippen MR) is 238 cm³/mol. The van der Waals surface area contributed by atoms with Gasteiger partial charge in [-0.2, -0.15) is 68.0 Å². The Hall–Kier alpha value is -6.59. The minimum atomic E-state index is -5.27. The number of aromatic nitrogens is 6. The highest BCUT2D eigenvalue weighted by Crippen LogP contribution is 2.40.